The fourth-order valence-electron chi connectivity index (χ4n) is 3.90. The summed E-state index contributed by atoms with van der Waals surface area (Å²) in [6, 6.07) is 14.7. The molecule has 1 aromatic carbocycles. The molecule has 10 heteroatoms. The number of rotatable bonds is 8. The molecule has 0 fully saturated rings. The maximum Gasteiger partial charge on any atom is 0.354 e. The number of carbonyl (C=O) groups excluding carboxylic acids is 3. The smallest absolute Gasteiger partial charge is 0.354 e. The van der Waals surface area contributed by atoms with Crippen LogP contribution in [0.4, 0.5) is 17.1 Å². The molecule has 0 atom stereocenters. The van der Waals surface area contributed by atoms with Gasteiger partial charge in [-0.3, -0.25) is 14.6 Å². The molecule has 4 aromatic rings. The van der Waals surface area contributed by atoms with Gasteiger partial charge in [0.1, 0.15) is 11.4 Å². The van der Waals surface area contributed by atoms with E-state index in [4.69, 9.17) is 4.74 Å². The van der Waals surface area contributed by atoms with E-state index in [1.165, 1.54) is 19.4 Å². The highest BCUT2D eigenvalue weighted by molar-refractivity contribution is 6.07. The molecule has 200 valence electrons. The molecule has 3 heterocycles. The van der Waals surface area contributed by atoms with Crippen LogP contribution in [0, 0.1) is 0 Å². The van der Waals surface area contributed by atoms with Crippen LogP contribution in [-0.4, -0.2) is 53.1 Å². The molecule has 0 bridgehead atoms. The number of anilines is 3. The fourth-order valence-corrected chi connectivity index (χ4v) is 3.90. The third-order valence-corrected chi connectivity index (χ3v) is 6.06. The molecular weight excluding hydrogens is 496 g/mol. The minimum Gasteiger partial charge on any atom is -0.464 e. The van der Waals surface area contributed by atoms with E-state index in [2.05, 4.69) is 15.6 Å². The lowest BCUT2D eigenvalue weighted by molar-refractivity contribution is 0.0589. The Kier molecular flexibility index (Phi) is 7.95. The van der Waals surface area contributed by atoms with Crippen LogP contribution in [-0.2, 0) is 18.8 Å². The van der Waals surface area contributed by atoms with Gasteiger partial charge in [0.15, 0.2) is 0 Å². The van der Waals surface area contributed by atoms with Crippen molar-refractivity contribution in [2.24, 2.45) is 14.1 Å². The van der Waals surface area contributed by atoms with Crippen LogP contribution in [0.2, 0.25) is 0 Å². The molecule has 0 aliphatic carbocycles. The van der Waals surface area contributed by atoms with Crippen LogP contribution in [0.3, 0.4) is 0 Å². The van der Waals surface area contributed by atoms with Crippen molar-refractivity contribution in [3.8, 4) is 0 Å². The molecule has 0 saturated carbocycles. The van der Waals surface area contributed by atoms with E-state index >= 15 is 0 Å². The largest absolute Gasteiger partial charge is 0.464 e. The summed E-state index contributed by atoms with van der Waals surface area (Å²) < 4.78 is 7.91. The molecule has 39 heavy (non-hydrogen) atoms. The first-order chi connectivity index (χ1) is 18.6. The summed E-state index contributed by atoms with van der Waals surface area (Å²) in [6.45, 7) is 0. The van der Waals surface area contributed by atoms with Gasteiger partial charge < -0.3 is 29.4 Å². The van der Waals surface area contributed by atoms with Crippen molar-refractivity contribution < 1.29 is 19.1 Å². The number of nitrogens with zero attached hydrogens (tertiary/aromatic N) is 4. The number of carbonyl (C=O) groups is 3. The number of hydrogen-bond acceptors (Lipinski definition) is 6. The monoisotopic (exact) mass is 526 g/mol. The van der Waals surface area contributed by atoms with Gasteiger partial charge in [-0.25, -0.2) is 4.79 Å². The predicted molar refractivity (Wildman–Crippen MR) is 152 cm³/mol. The molecular formula is C29H30N6O4. The first-order valence-corrected chi connectivity index (χ1v) is 12.1. The van der Waals surface area contributed by atoms with Crippen LogP contribution in [0.5, 0.6) is 0 Å². The van der Waals surface area contributed by atoms with Crippen molar-refractivity contribution >= 4 is 47.0 Å². The second-order valence-electron chi connectivity index (χ2n) is 9.14. The molecule has 0 aliphatic heterocycles. The molecule has 0 aliphatic rings. The molecule has 3 aromatic heterocycles. The predicted octanol–water partition coefficient (Wildman–Crippen LogP) is 4.29. The normalized spacial score (nSPS) is 10.9. The highest BCUT2D eigenvalue weighted by atomic mass is 16.5. The van der Waals surface area contributed by atoms with Crippen molar-refractivity contribution in [1.29, 1.82) is 0 Å². The number of methoxy groups -OCH3 is 1. The number of aryl methyl sites for hydroxylation is 2. The molecule has 0 saturated heterocycles. The number of aromatic nitrogens is 3. The van der Waals surface area contributed by atoms with E-state index in [0.29, 0.717) is 28.3 Å². The Hall–Kier alpha value is -5.12. The van der Waals surface area contributed by atoms with E-state index < -0.39 is 11.9 Å². The SMILES string of the molecule is COC(=O)c1cc(NC(=O)c2cc(NC(=O)c3ccc(/C=C/c4ccc(N(C)C)cc4)nc3)cn2C)cn1C. The third kappa shape index (κ3) is 6.42. The van der Waals surface area contributed by atoms with Gasteiger partial charge in [0.2, 0.25) is 0 Å². The standard InChI is InChI=1S/C29H30N6O4/c1-33(2)24-12-7-19(8-13-24)6-10-21-11-9-20(16-30-21)27(36)31-22-14-25(34(3)17-22)28(37)32-23-15-26(29(38)39-5)35(4)18-23/h6-18H,1-5H3,(H,31,36)(H,32,37)/b10-6+. The average Bonchev–Trinajstić information content (AvgIpc) is 3.48. The molecule has 0 radical (unpaired) electrons. The number of ether oxygens (including phenoxy) is 1. The molecule has 4 rings (SSSR count). The van der Waals surface area contributed by atoms with E-state index in [-0.39, 0.29) is 5.91 Å². The van der Waals surface area contributed by atoms with E-state index in [9.17, 15) is 14.4 Å². The Balaban J connectivity index is 1.38. The van der Waals surface area contributed by atoms with E-state index in [1.807, 2.05) is 55.4 Å². The van der Waals surface area contributed by atoms with Crippen LogP contribution < -0.4 is 15.5 Å². The Bertz CT molecular complexity index is 1530. The Morgan fingerprint density at radius 2 is 1.46 bits per heavy atom. The lowest BCUT2D eigenvalue weighted by atomic mass is 10.1. The first kappa shape index (κ1) is 26.9. The topological polar surface area (TPSA) is 110 Å². The number of esters is 1. The fraction of sp³-hybridized carbons (Fsp3) is 0.172. The van der Waals surface area contributed by atoms with Gasteiger partial charge in [-0.15, -0.1) is 0 Å². The number of hydrogen-bond donors (Lipinski definition) is 2. The van der Waals surface area contributed by atoms with Gasteiger partial charge in [-0.05, 0) is 48.0 Å². The number of benzene rings is 1. The van der Waals surface area contributed by atoms with Crippen LogP contribution >= 0.6 is 0 Å². The molecule has 2 amide bonds. The summed E-state index contributed by atoms with van der Waals surface area (Å²) in [7, 11) is 8.67. The number of pyridine rings is 1. The van der Waals surface area contributed by atoms with Crippen molar-refractivity contribution in [1.82, 2.24) is 14.1 Å². The Morgan fingerprint density at radius 3 is 2.05 bits per heavy atom. The lowest BCUT2D eigenvalue weighted by Gasteiger charge is -2.11. The van der Waals surface area contributed by atoms with Gasteiger partial charge in [-0.2, -0.15) is 0 Å². The summed E-state index contributed by atoms with van der Waals surface area (Å²) in [5, 5.41) is 5.55. The third-order valence-electron chi connectivity index (χ3n) is 6.06. The lowest BCUT2D eigenvalue weighted by Crippen LogP contribution is -2.15. The van der Waals surface area contributed by atoms with Crippen molar-refractivity contribution in [3.63, 3.8) is 0 Å². The summed E-state index contributed by atoms with van der Waals surface area (Å²) in [6.07, 6.45) is 8.61. The second-order valence-corrected chi connectivity index (χ2v) is 9.14. The zero-order valence-corrected chi connectivity index (χ0v) is 22.4. The number of nitrogens with one attached hydrogen (secondary N) is 2. The summed E-state index contributed by atoms with van der Waals surface area (Å²) >= 11 is 0. The van der Waals surface area contributed by atoms with Crippen LogP contribution in [0.25, 0.3) is 12.2 Å². The Labute approximate surface area is 226 Å². The minimum absolute atomic E-state index is 0.307. The van der Waals surface area contributed by atoms with Crippen molar-refractivity contribution in [2.45, 2.75) is 0 Å². The molecule has 0 unspecified atom stereocenters. The van der Waals surface area contributed by atoms with Crippen LogP contribution in [0.1, 0.15) is 42.6 Å². The zero-order valence-electron chi connectivity index (χ0n) is 22.4. The summed E-state index contributed by atoms with van der Waals surface area (Å²) in [4.78, 5) is 43.8. The Morgan fingerprint density at radius 1 is 0.846 bits per heavy atom. The van der Waals surface area contributed by atoms with Gasteiger partial charge in [0.25, 0.3) is 11.8 Å². The number of amides is 2. The quantitative estimate of drug-likeness (QED) is 0.332. The maximum absolute atomic E-state index is 12.8. The van der Waals surface area contributed by atoms with Gasteiger partial charge in [-0.1, -0.05) is 18.2 Å². The van der Waals surface area contributed by atoms with Gasteiger partial charge in [0, 0.05) is 52.5 Å². The molecule has 10 nitrogen and oxygen atoms in total. The molecule has 0 spiro atoms. The summed E-state index contributed by atoms with van der Waals surface area (Å²) in [5.41, 5.74) is 4.81. The molecule has 2 N–H and O–H groups in total. The first-order valence-electron chi connectivity index (χ1n) is 12.1. The minimum atomic E-state index is -0.504. The van der Waals surface area contributed by atoms with Gasteiger partial charge in [0.05, 0.1) is 29.7 Å². The van der Waals surface area contributed by atoms with Crippen molar-refractivity contribution in [3.05, 3.63) is 95.3 Å². The second kappa shape index (κ2) is 11.5. The zero-order chi connectivity index (χ0) is 28.1. The van der Waals surface area contributed by atoms with Crippen LogP contribution in [0.15, 0.2) is 67.1 Å². The highest BCUT2D eigenvalue weighted by Gasteiger charge is 2.17. The van der Waals surface area contributed by atoms with Crippen molar-refractivity contribution in [2.75, 3.05) is 36.7 Å². The summed E-state index contributed by atoms with van der Waals surface area (Å²) in [5.74, 6) is -1.25. The highest BCUT2D eigenvalue weighted by Crippen LogP contribution is 2.19. The maximum atomic E-state index is 12.8. The average molecular weight is 527 g/mol. The van der Waals surface area contributed by atoms with Gasteiger partial charge >= 0.3 is 5.97 Å². The van der Waals surface area contributed by atoms with E-state index in [0.717, 1.165) is 16.9 Å². The van der Waals surface area contributed by atoms with E-state index in [1.54, 1.807) is 53.8 Å².